The molecule has 0 aliphatic carbocycles. The number of benzene rings is 1. The van der Waals surface area contributed by atoms with Crippen molar-refractivity contribution in [3.8, 4) is 17.1 Å². The van der Waals surface area contributed by atoms with Crippen LogP contribution in [0, 0.1) is 13.8 Å². The zero-order valence-corrected chi connectivity index (χ0v) is 27.0. The zero-order valence-electron chi connectivity index (χ0n) is 25.3. The van der Waals surface area contributed by atoms with Gasteiger partial charge in [0.05, 0.1) is 35.3 Å². The molecule has 1 unspecified atom stereocenters. The van der Waals surface area contributed by atoms with E-state index in [1.165, 1.54) is 0 Å². The van der Waals surface area contributed by atoms with Crippen LogP contribution in [0.2, 0.25) is 30.7 Å². The van der Waals surface area contributed by atoms with Gasteiger partial charge in [-0.25, -0.2) is 4.98 Å². The van der Waals surface area contributed by atoms with E-state index >= 15 is 0 Å². The van der Waals surface area contributed by atoms with E-state index in [0.717, 1.165) is 51.3 Å². The van der Waals surface area contributed by atoms with Crippen molar-refractivity contribution in [1.82, 2.24) is 24.1 Å². The second-order valence-corrected chi connectivity index (χ2v) is 18.2. The molecule has 6 rings (SSSR count). The Hall–Kier alpha value is -3.99. The molecule has 0 saturated heterocycles. The molecule has 0 saturated carbocycles. The number of carbonyl (C=O) groups is 1. The molecule has 0 spiro atoms. The van der Waals surface area contributed by atoms with Crippen molar-refractivity contribution < 1.29 is 14.3 Å². The minimum Gasteiger partial charge on any atom is -0.481 e. The number of hydrogen-bond donors (Lipinski definition) is 0. The average molecular weight is 615 g/mol. The number of carbonyl (C=O) groups excluding carboxylic acids is 1. The van der Waals surface area contributed by atoms with Crippen LogP contribution in [0.15, 0.2) is 60.9 Å². The first-order chi connectivity index (χ1) is 20.6. The van der Waals surface area contributed by atoms with Gasteiger partial charge in [-0.3, -0.25) is 14.1 Å². The second-order valence-electron chi connectivity index (χ2n) is 12.1. The molecule has 5 aromatic rings. The molecule has 0 radical (unpaired) electrons. The summed E-state index contributed by atoms with van der Waals surface area (Å²) in [6.45, 7) is 11.8. The summed E-state index contributed by atoms with van der Waals surface area (Å²) in [4.78, 5) is 20.8. The first-order valence-corrected chi connectivity index (χ1v) is 18.4. The van der Waals surface area contributed by atoms with E-state index in [4.69, 9.17) is 21.1 Å². The van der Waals surface area contributed by atoms with E-state index < -0.39 is 14.1 Å². The molecule has 1 amide bonds. The van der Waals surface area contributed by atoms with Gasteiger partial charge >= 0.3 is 0 Å². The van der Waals surface area contributed by atoms with Crippen molar-refractivity contribution >= 4 is 36.9 Å². The number of rotatable bonds is 9. The van der Waals surface area contributed by atoms with Crippen LogP contribution in [0.1, 0.15) is 39.0 Å². The van der Waals surface area contributed by atoms with Crippen molar-refractivity contribution in [2.45, 2.75) is 52.3 Å². The maximum Gasteiger partial charge on any atom is 0.261 e. The third kappa shape index (κ3) is 5.35. The van der Waals surface area contributed by atoms with Gasteiger partial charge < -0.3 is 14.0 Å². The summed E-state index contributed by atoms with van der Waals surface area (Å²) in [5.74, 6) is 1.13. The highest BCUT2D eigenvalue weighted by Crippen LogP contribution is 2.46. The van der Waals surface area contributed by atoms with E-state index in [2.05, 4.69) is 39.4 Å². The smallest absolute Gasteiger partial charge is 0.261 e. The van der Waals surface area contributed by atoms with Crippen LogP contribution in [0.5, 0.6) is 5.88 Å². The molecule has 0 fully saturated rings. The Labute approximate surface area is 257 Å². The van der Waals surface area contributed by atoms with Crippen molar-refractivity contribution in [3.63, 3.8) is 0 Å². The molecule has 1 aliphatic heterocycles. The highest BCUT2D eigenvalue weighted by atomic mass is 35.5. The van der Waals surface area contributed by atoms with Crippen LogP contribution in [0.25, 0.3) is 16.9 Å². The highest BCUT2D eigenvalue weighted by Gasteiger charge is 2.43. The monoisotopic (exact) mass is 614 g/mol. The van der Waals surface area contributed by atoms with Crippen molar-refractivity contribution in [1.29, 1.82) is 0 Å². The Balaban J connectivity index is 1.55. The standard InChI is InChI=1S/C32H35ClN6O3Si/c1-20-16-24(18-37-21(2)35-36-30(20)37)39-28(22-9-11-23(33)12-10-22)29-26(32(39)40)17-27(25-8-7-13-34-31(25)41-3)38(29)19-42-14-15-43(4,5)6/h7-13,16-18,28H,14-15,19H2,1-6H3. The number of aryl methyl sites for hydroxylation is 2. The first kappa shape index (κ1) is 29.1. The van der Waals surface area contributed by atoms with E-state index in [1.54, 1.807) is 13.3 Å². The van der Waals surface area contributed by atoms with Gasteiger partial charge in [-0.2, -0.15) is 0 Å². The maximum absolute atomic E-state index is 14.5. The van der Waals surface area contributed by atoms with E-state index in [9.17, 15) is 4.79 Å². The van der Waals surface area contributed by atoms with Crippen LogP contribution >= 0.6 is 11.6 Å². The minimum atomic E-state index is -1.31. The molecule has 1 aromatic carbocycles. The number of aromatic nitrogens is 5. The van der Waals surface area contributed by atoms with Gasteiger partial charge in [-0.05, 0) is 67.4 Å². The lowest BCUT2D eigenvalue weighted by atomic mass is 10.0. The number of methoxy groups -OCH3 is 1. The van der Waals surface area contributed by atoms with Crippen molar-refractivity contribution in [3.05, 3.63) is 94.2 Å². The van der Waals surface area contributed by atoms with Gasteiger partial charge in [0.15, 0.2) is 5.65 Å². The number of ether oxygens (including phenoxy) is 2. The number of hydrogen-bond acceptors (Lipinski definition) is 6. The number of pyridine rings is 2. The van der Waals surface area contributed by atoms with Crippen LogP contribution in [0.4, 0.5) is 5.69 Å². The van der Waals surface area contributed by atoms with E-state index in [0.29, 0.717) is 23.1 Å². The van der Waals surface area contributed by atoms with Gasteiger partial charge in [-0.15, -0.1) is 10.2 Å². The Morgan fingerprint density at radius 2 is 1.79 bits per heavy atom. The predicted molar refractivity (Wildman–Crippen MR) is 171 cm³/mol. The summed E-state index contributed by atoms with van der Waals surface area (Å²) in [6.07, 6.45) is 3.63. The van der Waals surface area contributed by atoms with Gasteiger partial charge in [-0.1, -0.05) is 43.4 Å². The van der Waals surface area contributed by atoms with Crippen molar-refractivity contribution in [2.75, 3.05) is 18.6 Å². The van der Waals surface area contributed by atoms with Gasteiger partial charge in [0.2, 0.25) is 5.88 Å². The molecule has 5 heterocycles. The SMILES string of the molecule is COc1ncccc1-c1cc2c(n1COCC[Si](C)(C)C)C(c1ccc(Cl)cc1)N(c1cc(C)c3nnc(C)n3c1)C2=O. The van der Waals surface area contributed by atoms with Crippen LogP contribution in [-0.4, -0.2) is 51.8 Å². The molecule has 222 valence electrons. The topological polar surface area (TPSA) is 86.8 Å². The van der Waals surface area contributed by atoms with Gasteiger partial charge in [0.25, 0.3) is 5.91 Å². The zero-order chi connectivity index (χ0) is 30.5. The highest BCUT2D eigenvalue weighted by molar-refractivity contribution is 6.76. The largest absolute Gasteiger partial charge is 0.481 e. The normalized spacial score (nSPS) is 15.0. The van der Waals surface area contributed by atoms with Crippen LogP contribution in [-0.2, 0) is 11.5 Å². The fourth-order valence-electron chi connectivity index (χ4n) is 5.64. The predicted octanol–water partition coefficient (Wildman–Crippen LogP) is 6.93. The van der Waals surface area contributed by atoms with Gasteiger partial charge in [0, 0.05) is 32.1 Å². The fourth-order valence-corrected chi connectivity index (χ4v) is 6.53. The molecule has 43 heavy (non-hydrogen) atoms. The number of amides is 1. The van der Waals surface area contributed by atoms with E-state index in [1.807, 2.05) is 77.9 Å². The molecule has 9 nitrogen and oxygen atoms in total. The fraction of sp³-hybridized carbons (Fsp3) is 0.312. The maximum atomic E-state index is 14.5. The second kappa shape index (κ2) is 11.3. The lowest BCUT2D eigenvalue weighted by Gasteiger charge is -2.28. The summed E-state index contributed by atoms with van der Waals surface area (Å²) in [5.41, 5.74) is 6.43. The summed E-state index contributed by atoms with van der Waals surface area (Å²) < 4.78 is 16.0. The van der Waals surface area contributed by atoms with E-state index in [-0.39, 0.29) is 12.6 Å². The molecule has 4 aromatic heterocycles. The summed E-state index contributed by atoms with van der Waals surface area (Å²) in [5, 5.41) is 9.20. The third-order valence-electron chi connectivity index (χ3n) is 7.87. The molecule has 0 N–H and O–H groups in total. The molecular weight excluding hydrogens is 580 g/mol. The Kier molecular flexibility index (Phi) is 7.62. The van der Waals surface area contributed by atoms with Crippen LogP contribution < -0.4 is 9.64 Å². The molecule has 0 bridgehead atoms. The molecular formula is C32H35ClN6O3Si. The Bertz CT molecular complexity index is 1830. The third-order valence-corrected chi connectivity index (χ3v) is 9.83. The number of fused-ring (bicyclic) bond motifs is 2. The minimum absolute atomic E-state index is 0.107. The summed E-state index contributed by atoms with van der Waals surface area (Å²) in [7, 11) is 0.295. The number of halogens is 1. The van der Waals surface area contributed by atoms with Gasteiger partial charge in [0.1, 0.15) is 18.6 Å². The lowest BCUT2D eigenvalue weighted by molar-refractivity contribution is 0.0864. The quantitative estimate of drug-likeness (QED) is 0.132. The summed E-state index contributed by atoms with van der Waals surface area (Å²) >= 11 is 6.32. The lowest BCUT2D eigenvalue weighted by Crippen LogP contribution is -2.30. The Morgan fingerprint density at radius 3 is 2.51 bits per heavy atom. The average Bonchev–Trinajstić information content (AvgIpc) is 3.62. The number of nitrogens with zero attached hydrogens (tertiary/aromatic N) is 6. The molecule has 1 aliphatic rings. The molecule has 11 heteroatoms. The molecule has 1 atom stereocenters. The van der Waals surface area contributed by atoms with Crippen molar-refractivity contribution in [2.24, 2.45) is 0 Å². The number of anilines is 1. The van der Waals surface area contributed by atoms with Crippen LogP contribution in [0.3, 0.4) is 0 Å². The first-order valence-electron chi connectivity index (χ1n) is 14.3. The Morgan fingerprint density at radius 1 is 1.02 bits per heavy atom. The summed E-state index contributed by atoms with van der Waals surface area (Å²) in [6, 6.07) is 16.0.